The summed E-state index contributed by atoms with van der Waals surface area (Å²) in [6, 6.07) is 1.58. The molecule has 0 bridgehead atoms. The molecule has 82 valence electrons. The van der Waals surface area contributed by atoms with E-state index in [0.717, 1.165) is 17.2 Å². The lowest BCUT2D eigenvalue weighted by Crippen LogP contribution is -2.35. The summed E-state index contributed by atoms with van der Waals surface area (Å²) in [5.41, 5.74) is 1.18. The summed E-state index contributed by atoms with van der Waals surface area (Å²) in [6.07, 6.45) is 1.96. The van der Waals surface area contributed by atoms with E-state index in [0.29, 0.717) is 0 Å². The molecule has 2 atom stereocenters. The Morgan fingerprint density at radius 2 is 2.53 bits per heavy atom. The van der Waals surface area contributed by atoms with Crippen LogP contribution in [0.2, 0.25) is 4.34 Å². The zero-order chi connectivity index (χ0) is 11.0. The predicted molar refractivity (Wildman–Crippen MR) is 60.6 cm³/mol. The molecule has 0 aromatic carbocycles. The molecule has 1 aliphatic carbocycles. The van der Waals surface area contributed by atoms with Crippen LogP contribution in [-0.2, 0) is 11.2 Å². The highest BCUT2D eigenvalue weighted by Crippen LogP contribution is 2.39. The molecule has 2 N–H and O–H groups in total. The topological polar surface area (TPSA) is 49.3 Å². The van der Waals surface area contributed by atoms with E-state index >= 15 is 0 Å². The first kappa shape index (κ1) is 10.9. The second-order valence-corrected chi connectivity index (χ2v) is 5.51. The molecular weight excluding hydrogens is 234 g/mol. The minimum absolute atomic E-state index is 0.148. The van der Waals surface area contributed by atoms with Crippen LogP contribution in [0.5, 0.6) is 0 Å². The molecule has 2 rings (SSSR count). The van der Waals surface area contributed by atoms with Crippen molar-refractivity contribution in [2.75, 3.05) is 0 Å². The van der Waals surface area contributed by atoms with Crippen molar-refractivity contribution in [3.8, 4) is 0 Å². The molecule has 5 heteroatoms. The highest BCUT2D eigenvalue weighted by atomic mass is 35.5. The number of nitrogens with one attached hydrogen (secondary N) is 1. The smallest absolute Gasteiger partial charge is 0.320 e. The third-order valence-corrected chi connectivity index (χ3v) is 4.01. The minimum Gasteiger partial charge on any atom is -0.480 e. The molecule has 0 amide bonds. The quantitative estimate of drug-likeness (QED) is 0.860. The van der Waals surface area contributed by atoms with Gasteiger partial charge in [0.15, 0.2) is 0 Å². The molecular formula is C10H12ClNO2S. The second-order valence-electron chi connectivity index (χ2n) is 3.75. The number of hydrogen-bond donors (Lipinski definition) is 2. The lowest BCUT2D eigenvalue weighted by molar-refractivity contribution is -0.139. The van der Waals surface area contributed by atoms with Crippen molar-refractivity contribution in [1.82, 2.24) is 5.32 Å². The van der Waals surface area contributed by atoms with Gasteiger partial charge >= 0.3 is 5.97 Å². The van der Waals surface area contributed by atoms with Crippen molar-refractivity contribution in [2.24, 2.45) is 0 Å². The number of rotatable bonds is 3. The van der Waals surface area contributed by atoms with Gasteiger partial charge in [0.2, 0.25) is 0 Å². The van der Waals surface area contributed by atoms with E-state index in [1.54, 1.807) is 18.3 Å². The number of carboxylic acids is 1. The van der Waals surface area contributed by atoms with Gasteiger partial charge in [-0.05, 0) is 31.4 Å². The van der Waals surface area contributed by atoms with Gasteiger partial charge in [-0.15, -0.1) is 11.3 Å². The number of aryl methyl sites for hydroxylation is 1. The number of carboxylic acid groups (broad SMARTS) is 1. The van der Waals surface area contributed by atoms with Crippen molar-refractivity contribution in [2.45, 2.75) is 31.8 Å². The Bertz CT molecular complexity index is 391. The van der Waals surface area contributed by atoms with Gasteiger partial charge in [-0.25, -0.2) is 0 Å². The fourth-order valence-electron chi connectivity index (χ4n) is 1.88. The summed E-state index contributed by atoms with van der Waals surface area (Å²) in [6.45, 7) is 1.66. The molecule has 1 aromatic rings. The van der Waals surface area contributed by atoms with Crippen molar-refractivity contribution in [3.05, 3.63) is 20.8 Å². The van der Waals surface area contributed by atoms with Crippen LogP contribution in [0.25, 0.3) is 0 Å². The summed E-state index contributed by atoms with van der Waals surface area (Å²) < 4.78 is 0.787. The maximum atomic E-state index is 10.7. The molecule has 0 aliphatic heterocycles. The molecule has 15 heavy (non-hydrogen) atoms. The number of thiophene rings is 1. The molecule has 0 spiro atoms. The summed E-state index contributed by atoms with van der Waals surface area (Å²) in [4.78, 5) is 12.0. The Morgan fingerprint density at radius 3 is 3.20 bits per heavy atom. The van der Waals surface area contributed by atoms with Crippen molar-refractivity contribution >= 4 is 28.9 Å². The van der Waals surface area contributed by atoms with Gasteiger partial charge in [-0.1, -0.05) is 11.6 Å². The molecule has 0 saturated carbocycles. The normalized spacial score (nSPS) is 21.3. The number of fused-ring (bicyclic) bond motifs is 1. The lowest BCUT2D eigenvalue weighted by Gasteiger charge is -2.16. The first-order chi connectivity index (χ1) is 7.08. The fraction of sp³-hybridized carbons (Fsp3) is 0.500. The Kier molecular flexibility index (Phi) is 3.00. The van der Waals surface area contributed by atoms with E-state index in [4.69, 9.17) is 16.7 Å². The van der Waals surface area contributed by atoms with Gasteiger partial charge in [0.05, 0.1) is 4.34 Å². The van der Waals surface area contributed by atoms with Gasteiger partial charge in [0.25, 0.3) is 0 Å². The summed E-state index contributed by atoms with van der Waals surface area (Å²) in [5.74, 6) is -0.815. The number of hydrogen-bond acceptors (Lipinski definition) is 3. The highest BCUT2D eigenvalue weighted by Gasteiger charge is 2.27. The van der Waals surface area contributed by atoms with E-state index in [1.165, 1.54) is 10.4 Å². The van der Waals surface area contributed by atoms with Crippen LogP contribution in [0, 0.1) is 0 Å². The van der Waals surface area contributed by atoms with E-state index in [2.05, 4.69) is 5.32 Å². The number of carbonyl (C=O) groups is 1. The average molecular weight is 246 g/mol. The first-order valence-corrected chi connectivity index (χ1v) is 6.04. The monoisotopic (exact) mass is 245 g/mol. The second kappa shape index (κ2) is 4.12. The Balaban J connectivity index is 2.10. The van der Waals surface area contributed by atoms with E-state index in [1.807, 2.05) is 6.07 Å². The summed E-state index contributed by atoms with van der Waals surface area (Å²) in [7, 11) is 0. The highest BCUT2D eigenvalue weighted by molar-refractivity contribution is 7.16. The predicted octanol–water partition coefficient (Wildman–Crippen LogP) is 2.45. The first-order valence-electron chi connectivity index (χ1n) is 4.85. The molecule has 3 nitrogen and oxygen atoms in total. The summed E-state index contributed by atoms with van der Waals surface area (Å²) >= 11 is 7.51. The maximum Gasteiger partial charge on any atom is 0.320 e. The van der Waals surface area contributed by atoms with Crippen LogP contribution in [0.15, 0.2) is 6.07 Å². The Morgan fingerprint density at radius 1 is 1.80 bits per heavy atom. The van der Waals surface area contributed by atoms with Gasteiger partial charge in [-0.3, -0.25) is 10.1 Å². The zero-order valence-corrected chi connectivity index (χ0v) is 9.86. The molecule has 1 aliphatic rings. The van der Waals surface area contributed by atoms with Crippen molar-refractivity contribution in [1.29, 1.82) is 0 Å². The van der Waals surface area contributed by atoms with Gasteiger partial charge in [0, 0.05) is 10.9 Å². The molecule has 1 heterocycles. The molecule has 0 saturated heterocycles. The van der Waals surface area contributed by atoms with Crippen molar-refractivity contribution in [3.63, 3.8) is 0 Å². The number of halogens is 1. The fourth-order valence-corrected chi connectivity index (χ4v) is 3.23. The van der Waals surface area contributed by atoms with E-state index in [9.17, 15) is 4.79 Å². The van der Waals surface area contributed by atoms with Crippen LogP contribution in [0.1, 0.15) is 29.8 Å². The Labute approximate surface area is 97.1 Å². The number of aliphatic carboxylic acids is 1. The van der Waals surface area contributed by atoms with Crippen LogP contribution in [0.4, 0.5) is 0 Å². The average Bonchev–Trinajstić information content (AvgIpc) is 2.66. The van der Waals surface area contributed by atoms with Crippen molar-refractivity contribution < 1.29 is 9.90 Å². The van der Waals surface area contributed by atoms with E-state index in [-0.39, 0.29) is 6.04 Å². The minimum atomic E-state index is -0.815. The molecule has 2 unspecified atom stereocenters. The molecule has 1 aromatic heterocycles. The maximum absolute atomic E-state index is 10.7. The molecule has 0 radical (unpaired) electrons. The van der Waals surface area contributed by atoms with Crippen LogP contribution in [0.3, 0.4) is 0 Å². The van der Waals surface area contributed by atoms with Gasteiger partial charge < -0.3 is 5.11 Å². The SMILES string of the molecule is CC(NC1CCc2sc(Cl)cc21)C(=O)O. The third-order valence-electron chi connectivity index (χ3n) is 2.67. The van der Waals surface area contributed by atoms with Crippen LogP contribution >= 0.6 is 22.9 Å². The van der Waals surface area contributed by atoms with Gasteiger partial charge in [0.1, 0.15) is 6.04 Å². The van der Waals surface area contributed by atoms with Crippen LogP contribution < -0.4 is 5.32 Å². The third kappa shape index (κ3) is 2.17. The zero-order valence-electron chi connectivity index (χ0n) is 8.29. The largest absolute Gasteiger partial charge is 0.480 e. The van der Waals surface area contributed by atoms with E-state index < -0.39 is 12.0 Å². The van der Waals surface area contributed by atoms with Gasteiger partial charge in [-0.2, -0.15) is 0 Å². The Hall–Kier alpha value is -0.580. The lowest BCUT2D eigenvalue weighted by atomic mass is 10.1. The molecule has 0 fully saturated rings. The standard InChI is InChI=1S/C10H12ClNO2S/c1-5(10(13)14)12-7-2-3-8-6(7)4-9(11)15-8/h4-5,7,12H,2-3H2,1H3,(H,13,14). The van der Waals surface area contributed by atoms with Crippen LogP contribution in [-0.4, -0.2) is 17.1 Å². The summed E-state index contributed by atoms with van der Waals surface area (Å²) in [5, 5.41) is 11.9.